The third kappa shape index (κ3) is 4.03. The summed E-state index contributed by atoms with van der Waals surface area (Å²) in [6.07, 6.45) is 0.718. The summed E-state index contributed by atoms with van der Waals surface area (Å²) in [6, 6.07) is -0.144. The summed E-state index contributed by atoms with van der Waals surface area (Å²) in [5, 5.41) is 11.8. The van der Waals surface area contributed by atoms with E-state index in [1.165, 1.54) is 4.31 Å². The Morgan fingerprint density at radius 3 is 2.37 bits per heavy atom. The van der Waals surface area contributed by atoms with Crippen LogP contribution in [0, 0.1) is 0 Å². The van der Waals surface area contributed by atoms with Crippen molar-refractivity contribution in [2.45, 2.75) is 26.3 Å². The van der Waals surface area contributed by atoms with Crippen LogP contribution in [0.3, 0.4) is 0 Å². The normalized spacial score (nSPS) is 21.5. The Morgan fingerprint density at radius 2 is 1.95 bits per heavy atom. The summed E-state index contributed by atoms with van der Waals surface area (Å²) in [4.78, 5) is 2.03. The third-order valence-corrected chi connectivity index (χ3v) is 4.92. The van der Waals surface area contributed by atoms with Crippen LogP contribution in [0.5, 0.6) is 0 Å². The van der Waals surface area contributed by atoms with Crippen molar-refractivity contribution in [2.75, 3.05) is 32.7 Å². The Bertz CT molecular complexity index is 403. The number of nitrogens with zero attached hydrogens (tertiary/aromatic N) is 3. The van der Waals surface area contributed by atoms with E-state index < -0.39 is 10.2 Å². The third-order valence-electron chi connectivity index (χ3n) is 3.22. The minimum Gasteiger partial charge on any atom is -0.409 e. The van der Waals surface area contributed by atoms with E-state index in [0.29, 0.717) is 32.7 Å². The minimum absolute atomic E-state index is 0.144. The molecule has 1 heterocycles. The van der Waals surface area contributed by atoms with E-state index in [9.17, 15) is 8.42 Å². The van der Waals surface area contributed by atoms with Crippen LogP contribution in [0.15, 0.2) is 5.16 Å². The van der Waals surface area contributed by atoms with Gasteiger partial charge in [0.1, 0.15) is 0 Å². The molecule has 0 spiro atoms. The minimum atomic E-state index is -3.37. The van der Waals surface area contributed by atoms with E-state index in [1.807, 2.05) is 11.8 Å². The summed E-state index contributed by atoms with van der Waals surface area (Å²) in [5.74, 6) is 0.172. The number of nitrogens with two attached hydrogens (primary N) is 1. The van der Waals surface area contributed by atoms with E-state index in [4.69, 9.17) is 10.9 Å². The average Bonchev–Trinajstić information content (AvgIpc) is 2.40. The Kier molecular flexibility index (Phi) is 5.98. The van der Waals surface area contributed by atoms with Crippen LogP contribution in [-0.2, 0) is 10.2 Å². The fourth-order valence-electron chi connectivity index (χ4n) is 2.25. The van der Waals surface area contributed by atoms with Crippen LogP contribution < -0.4 is 10.5 Å². The zero-order chi connectivity index (χ0) is 14.5. The fraction of sp³-hybridized carbons (Fsp3) is 0.900. The van der Waals surface area contributed by atoms with Crippen molar-refractivity contribution in [3.63, 3.8) is 0 Å². The quantitative estimate of drug-likeness (QED) is 0.251. The number of rotatable bonds is 6. The molecule has 1 fully saturated rings. The number of piperazine rings is 1. The van der Waals surface area contributed by atoms with Gasteiger partial charge >= 0.3 is 0 Å². The summed E-state index contributed by atoms with van der Waals surface area (Å²) in [7, 11) is -3.37. The first-order valence-electron chi connectivity index (χ1n) is 6.42. The van der Waals surface area contributed by atoms with Crippen molar-refractivity contribution in [3.8, 4) is 0 Å². The van der Waals surface area contributed by atoms with Crippen molar-refractivity contribution in [3.05, 3.63) is 0 Å². The smallest absolute Gasteiger partial charge is 0.279 e. The van der Waals surface area contributed by atoms with Gasteiger partial charge in [-0.1, -0.05) is 19.0 Å². The van der Waals surface area contributed by atoms with E-state index >= 15 is 0 Å². The Hall–Kier alpha value is -0.900. The van der Waals surface area contributed by atoms with E-state index in [0.717, 1.165) is 6.42 Å². The standard InChI is InChI=1S/C10H23N5O3S/c1-3-9(10(11)13-16)14-5-7-15(8-6-14)19(17,18)12-4-2/h9,12,16H,3-8H2,1-2H3,(H2,11,13). The lowest BCUT2D eigenvalue weighted by Crippen LogP contribution is -2.56. The zero-order valence-corrected chi connectivity index (χ0v) is 12.2. The second-order valence-electron chi connectivity index (χ2n) is 4.39. The van der Waals surface area contributed by atoms with E-state index in [-0.39, 0.29) is 11.9 Å². The van der Waals surface area contributed by atoms with Gasteiger partial charge in [-0.15, -0.1) is 0 Å². The lowest BCUT2D eigenvalue weighted by molar-refractivity contribution is 0.160. The molecule has 0 saturated carbocycles. The van der Waals surface area contributed by atoms with Crippen LogP contribution in [0.1, 0.15) is 20.3 Å². The summed E-state index contributed by atoms with van der Waals surface area (Å²) >= 11 is 0. The molecular weight excluding hydrogens is 270 g/mol. The van der Waals surface area contributed by atoms with Crippen molar-refractivity contribution >= 4 is 16.0 Å². The van der Waals surface area contributed by atoms with Crippen LogP contribution in [0.2, 0.25) is 0 Å². The molecule has 0 aromatic rings. The topological polar surface area (TPSA) is 111 Å². The van der Waals surface area contributed by atoms with Gasteiger partial charge in [0.15, 0.2) is 5.84 Å². The Morgan fingerprint density at radius 1 is 1.37 bits per heavy atom. The first kappa shape index (κ1) is 16.2. The lowest BCUT2D eigenvalue weighted by atomic mass is 10.1. The molecule has 1 aliphatic heterocycles. The van der Waals surface area contributed by atoms with Gasteiger partial charge in [-0.2, -0.15) is 12.7 Å². The first-order chi connectivity index (χ1) is 8.96. The largest absolute Gasteiger partial charge is 0.409 e. The SMILES string of the molecule is CCNS(=O)(=O)N1CCN(C(CC)C(N)=NO)CC1. The molecule has 0 aliphatic carbocycles. The first-order valence-corrected chi connectivity index (χ1v) is 7.86. The second kappa shape index (κ2) is 7.04. The maximum atomic E-state index is 11.8. The highest BCUT2D eigenvalue weighted by molar-refractivity contribution is 7.87. The fourth-order valence-corrected chi connectivity index (χ4v) is 3.44. The molecule has 0 aromatic heterocycles. The number of nitrogens with one attached hydrogen (secondary N) is 1. The molecule has 9 heteroatoms. The highest BCUT2D eigenvalue weighted by Gasteiger charge is 2.30. The monoisotopic (exact) mass is 293 g/mol. The molecule has 0 amide bonds. The van der Waals surface area contributed by atoms with Crippen molar-refractivity contribution < 1.29 is 13.6 Å². The van der Waals surface area contributed by atoms with Gasteiger partial charge in [-0.25, -0.2) is 4.72 Å². The summed E-state index contributed by atoms with van der Waals surface area (Å²) < 4.78 is 27.6. The van der Waals surface area contributed by atoms with Gasteiger partial charge in [-0.3, -0.25) is 4.90 Å². The van der Waals surface area contributed by atoms with Gasteiger partial charge in [0.05, 0.1) is 6.04 Å². The molecule has 0 bridgehead atoms. The molecular formula is C10H23N5O3S. The van der Waals surface area contributed by atoms with E-state index in [1.54, 1.807) is 6.92 Å². The maximum absolute atomic E-state index is 11.8. The number of hydrogen-bond donors (Lipinski definition) is 3. The van der Waals surface area contributed by atoms with Crippen LogP contribution >= 0.6 is 0 Å². The molecule has 1 saturated heterocycles. The van der Waals surface area contributed by atoms with Crippen LogP contribution in [0.25, 0.3) is 0 Å². The van der Waals surface area contributed by atoms with Crippen LogP contribution in [0.4, 0.5) is 0 Å². The Labute approximate surface area is 114 Å². The van der Waals surface area contributed by atoms with Crippen molar-refractivity contribution in [1.82, 2.24) is 13.9 Å². The molecule has 112 valence electrons. The van der Waals surface area contributed by atoms with Gasteiger partial charge in [0, 0.05) is 32.7 Å². The number of hydrogen-bond acceptors (Lipinski definition) is 5. The van der Waals surface area contributed by atoms with Crippen molar-refractivity contribution in [1.29, 1.82) is 0 Å². The predicted octanol–water partition coefficient (Wildman–Crippen LogP) is -1.02. The van der Waals surface area contributed by atoms with Crippen LogP contribution in [-0.4, -0.2) is 67.4 Å². The highest BCUT2D eigenvalue weighted by Crippen LogP contribution is 2.11. The molecule has 8 nitrogen and oxygen atoms in total. The van der Waals surface area contributed by atoms with Crippen molar-refractivity contribution in [2.24, 2.45) is 10.9 Å². The summed E-state index contributed by atoms with van der Waals surface area (Å²) in [5.41, 5.74) is 5.64. The molecule has 1 aliphatic rings. The molecule has 19 heavy (non-hydrogen) atoms. The molecule has 1 unspecified atom stereocenters. The molecule has 0 radical (unpaired) electrons. The molecule has 1 rings (SSSR count). The lowest BCUT2D eigenvalue weighted by Gasteiger charge is -2.37. The molecule has 0 aromatic carbocycles. The van der Waals surface area contributed by atoms with Gasteiger partial charge < -0.3 is 10.9 Å². The highest BCUT2D eigenvalue weighted by atomic mass is 32.2. The molecule has 4 N–H and O–H groups in total. The second-order valence-corrected chi connectivity index (χ2v) is 6.14. The zero-order valence-electron chi connectivity index (χ0n) is 11.4. The Balaban J connectivity index is 2.62. The maximum Gasteiger partial charge on any atom is 0.279 e. The number of amidine groups is 1. The summed E-state index contributed by atoms with van der Waals surface area (Å²) in [6.45, 7) is 6.03. The van der Waals surface area contributed by atoms with Gasteiger partial charge in [-0.05, 0) is 6.42 Å². The predicted molar refractivity (Wildman–Crippen MR) is 73.2 cm³/mol. The average molecular weight is 293 g/mol. The van der Waals surface area contributed by atoms with E-state index in [2.05, 4.69) is 9.88 Å². The van der Waals surface area contributed by atoms with Gasteiger partial charge in [0.2, 0.25) is 0 Å². The van der Waals surface area contributed by atoms with Gasteiger partial charge in [0.25, 0.3) is 10.2 Å². The number of oxime groups is 1. The molecule has 1 atom stereocenters.